The van der Waals surface area contributed by atoms with E-state index in [9.17, 15) is 13.7 Å². The predicted molar refractivity (Wildman–Crippen MR) is 98.6 cm³/mol. The van der Waals surface area contributed by atoms with Gasteiger partial charge in [-0.15, -0.1) is 0 Å². The molecule has 2 aromatic carbocycles. The first-order valence-corrected chi connectivity index (χ1v) is 9.49. The van der Waals surface area contributed by atoms with Crippen LogP contribution in [0, 0.1) is 25.2 Å². The van der Waals surface area contributed by atoms with Crippen LogP contribution < -0.4 is 0 Å². The second-order valence-electron chi connectivity index (χ2n) is 5.48. The Labute approximate surface area is 152 Å². The van der Waals surface area contributed by atoms with Crippen LogP contribution in [0.1, 0.15) is 22.3 Å². The quantitative estimate of drug-likeness (QED) is 0.695. The molecule has 0 heterocycles. The highest BCUT2D eigenvalue weighted by Crippen LogP contribution is 2.26. The molecule has 0 saturated carbocycles. The smallest absolute Gasteiger partial charge is 0.192 e. The number of hydrogen-bond acceptors (Lipinski definition) is 3. The first kappa shape index (κ1) is 18.5. The molecule has 0 bridgehead atoms. The molecule has 3 nitrogen and oxygen atoms in total. The normalized spacial score (nSPS) is 12.0. The third kappa shape index (κ3) is 4.39. The van der Waals surface area contributed by atoms with Gasteiger partial charge in [-0.1, -0.05) is 53.0 Å². The number of halogens is 2. The van der Waals surface area contributed by atoms with E-state index in [4.69, 9.17) is 23.2 Å². The largest absolute Gasteiger partial charge is 0.223 e. The number of rotatable bonds is 4. The molecule has 0 aliphatic carbocycles. The minimum absolute atomic E-state index is 0.259. The summed E-state index contributed by atoms with van der Waals surface area (Å²) in [7, 11) is -3.82. The third-order valence-corrected chi connectivity index (χ3v) is 5.68. The highest BCUT2D eigenvalue weighted by Gasteiger charge is 2.20. The molecule has 0 saturated heterocycles. The van der Waals surface area contributed by atoms with E-state index in [0.717, 1.165) is 11.1 Å². The van der Waals surface area contributed by atoms with Crippen molar-refractivity contribution >= 4 is 39.1 Å². The van der Waals surface area contributed by atoms with Crippen LogP contribution in [0.3, 0.4) is 0 Å². The Morgan fingerprint density at radius 1 is 1.17 bits per heavy atom. The predicted octanol–water partition coefficient (Wildman–Crippen LogP) is 5.09. The first-order chi connectivity index (χ1) is 11.2. The fourth-order valence-electron chi connectivity index (χ4n) is 2.17. The van der Waals surface area contributed by atoms with E-state index in [1.165, 1.54) is 12.1 Å². The van der Waals surface area contributed by atoms with Crippen LogP contribution in [0.2, 0.25) is 10.0 Å². The van der Waals surface area contributed by atoms with Crippen LogP contribution in [-0.2, 0) is 15.6 Å². The van der Waals surface area contributed by atoms with Gasteiger partial charge in [0.2, 0.25) is 0 Å². The molecule has 0 aromatic heterocycles. The van der Waals surface area contributed by atoms with Crippen molar-refractivity contribution in [3.05, 3.63) is 73.6 Å². The molecular weight excluding hydrogens is 365 g/mol. The second kappa shape index (κ2) is 7.40. The molecule has 0 unspecified atom stereocenters. The van der Waals surface area contributed by atoms with Gasteiger partial charge in [-0.05, 0) is 48.7 Å². The van der Waals surface area contributed by atoms with E-state index >= 15 is 0 Å². The summed E-state index contributed by atoms with van der Waals surface area (Å²) in [5, 5.41) is 10.0. The van der Waals surface area contributed by atoms with Crippen LogP contribution in [0.25, 0.3) is 6.08 Å². The van der Waals surface area contributed by atoms with Gasteiger partial charge in [0.25, 0.3) is 0 Å². The number of allylic oxidation sites excluding steroid dienone is 1. The average Bonchev–Trinajstić information content (AvgIpc) is 2.50. The Bertz CT molecular complexity index is 957. The number of hydrogen-bond donors (Lipinski definition) is 0. The zero-order chi connectivity index (χ0) is 17.9. The van der Waals surface area contributed by atoms with Gasteiger partial charge in [0.05, 0.1) is 5.75 Å². The van der Waals surface area contributed by atoms with Crippen LogP contribution >= 0.6 is 23.2 Å². The molecule has 0 spiro atoms. The molecule has 0 aliphatic rings. The summed E-state index contributed by atoms with van der Waals surface area (Å²) in [6.45, 7) is 3.77. The van der Waals surface area contributed by atoms with Crippen molar-refractivity contribution in [2.24, 2.45) is 0 Å². The molecule has 0 fully saturated rings. The lowest BCUT2D eigenvalue weighted by Gasteiger charge is -2.07. The Kier molecular flexibility index (Phi) is 5.71. The summed E-state index contributed by atoms with van der Waals surface area (Å²) in [5.74, 6) is -0.354. The summed E-state index contributed by atoms with van der Waals surface area (Å²) >= 11 is 11.9. The van der Waals surface area contributed by atoms with E-state index in [2.05, 4.69) is 0 Å². The highest BCUT2D eigenvalue weighted by atomic mass is 35.5. The van der Waals surface area contributed by atoms with Crippen molar-refractivity contribution in [1.29, 1.82) is 5.26 Å². The summed E-state index contributed by atoms with van der Waals surface area (Å²) in [5.41, 5.74) is 3.00. The van der Waals surface area contributed by atoms with E-state index in [-0.39, 0.29) is 15.7 Å². The van der Waals surface area contributed by atoms with Gasteiger partial charge in [0, 0.05) is 10.0 Å². The molecule has 0 amide bonds. The van der Waals surface area contributed by atoms with Crippen LogP contribution in [-0.4, -0.2) is 8.42 Å². The van der Waals surface area contributed by atoms with Crippen molar-refractivity contribution < 1.29 is 8.42 Å². The number of nitriles is 1. The minimum atomic E-state index is -3.82. The molecular formula is C18H15Cl2NO2S. The topological polar surface area (TPSA) is 57.9 Å². The van der Waals surface area contributed by atoms with Gasteiger partial charge in [0.15, 0.2) is 9.84 Å². The standard InChI is InChI=1S/C18H15Cl2NO2S/c1-12-3-4-13(2)15(7-12)8-17(10-21)24(22,23)11-14-5-6-16(19)9-18(14)20/h3-9H,11H2,1-2H3/b17-8+. The van der Waals surface area contributed by atoms with Gasteiger partial charge in [0.1, 0.15) is 11.0 Å². The van der Waals surface area contributed by atoms with Crippen molar-refractivity contribution in [3.63, 3.8) is 0 Å². The number of benzene rings is 2. The Balaban J connectivity index is 2.43. The second-order valence-corrected chi connectivity index (χ2v) is 8.28. The summed E-state index contributed by atoms with van der Waals surface area (Å²) < 4.78 is 25.2. The molecule has 24 heavy (non-hydrogen) atoms. The molecule has 0 N–H and O–H groups in total. The lowest BCUT2D eigenvalue weighted by Crippen LogP contribution is -2.07. The van der Waals surface area contributed by atoms with E-state index < -0.39 is 9.84 Å². The van der Waals surface area contributed by atoms with Gasteiger partial charge < -0.3 is 0 Å². The van der Waals surface area contributed by atoms with Crippen molar-refractivity contribution in [1.82, 2.24) is 0 Å². The van der Waals surface area contributed by atoms with Crippen LogP contribution in [0.15, 0.2) is 41.3 Å². The molecule has 0 aliphatic heterocycles. The zero-order valence-corrected chi connectivity index (χ0v) is 15.5. The van der Waals surface area contributed by atoms with Crippen molar-refractivity contribution in [2.75, 3.05) is 0 Å². The Morgan fingerprint density at radius 2 is 1.88 bits per heavy atom. The van der Waals surface area contributed by atoms with Gasteiger partial charge in [-0.3, -0.25) is 0 Å². The Morgan fingerprint density at radius 3 is 2.50 bits per heavy atom. The number of nitrogens with zero attached hydrogens (tertiary/aromatic N) is 1. The fraction of sp³-hybridized carbons (Fsp3) is 0.167. The maximum Gasteiger partial charge on any atom is 0.192 e. The number of aryl methyl sites for hydroxylation is 2. The van der Waals surface area contributed by atoms with Gasteiger partial charge in [-0.25, -0.2) is 8.42 Å². The third-order valence-electron chi connectivity index (χ3n) is 3.53. The van der Waals surface area contributed by atoms with E-state index in [1.807, 2.05) is 32.0 Å². The van der Waals surface area contributed by atoms with E-state index in [0.29, 0.717) is 16.1 Å². The minimum Gasteiger partial charge on any atom is -0.223 e. The first-order valence-electron chi connectivity index (χ1n) is 7.08. The lowest BCUT2D eigenvalue weighted by atomic mass is 10.1. The van der Waals surface area contributed by atoms with Gasteiger partial charge in [-0.2, -0.15) is 5.26 Å². The van der Waals surface area contributed by atoms with Crippen LogP contribution in [0.4, 0.5) is 0 Å². The molecule has 0 radical (unpaired) electrons. The summed E-state index contributed by atoms with van der Waals surface area (Å²) in [6.07, 6.45) is 1.40. The van der Waals surface area contributed by atoms with E-state index in [1.54, 1.807) is 18.2 Å². The van der Waals surface area contributed by atoms with Gasteiger partial charge >= 0.3 is 0 Å². The Hall–Kier alpha value is -1.80. The SMILES string of the molecule is Cc1ccc(C)c(/C=C(\C#N)S(=O)(=O)Cc2ccc(Cl)cc2Cl)c1. The summed E-state index contributed by atoms with van der Waals surface area (Å²) in [4.78, 5) is -0.290. The highest BCUT2D eigenvalue weighted by molar-refractivity contribution is 7.95. The van der Waals surface area contributed by atoms with Crippen molar-refractivity contribution in [3.8, 4) is 6.07 Å². The molecule has 124 valence electrons. The lowest BCUT2D eigenvalue weighted by molar-refractivity contribution is 0.602. The van der Waals surface area contributed by atoms with Crippen molar-refractivity contribution in [2.45, 2.75) is 19.6 Å². The van der Waals surface area contributed by atoms with Crippen LogP contribution in [0.5, 0.6) is 0 Å². The molecule has 0 atom stereocenters. The zero-order valence-electron chi connectivity index (χ0n) is 13.2. The maximum atomic E-state index is 12.6. The summed E-state index contributed by atoms with van der Waals surface area (Å²) in [6, 6.07) is 12.1. The fourth-order valence-corrected chi connectivity index (χ4v) is 3.99. The monoisotopic (exact) mass is 379 g/mol. The molecule has 2 rings (SSSR count). The number of sulfone groups is 1. The average molecular weight is 380 g/mol. The molecule has 2 aromatic rings. The molecule has 6 heteroatoms. The maximum absolute atomic E-state index is 12.6.